The van der Waals surface area contributed by atoms with Crippen molar-refractivity contribution in [3.63, 3.8) is 0 Å². The zero-order valence-corrected chi connectivity index (χ0v) is 8.84. The van der Waals surface area contributed by atoms with Crippen molar-refractivity contribution in [3.8, 4) is 0 Å². The average Bonchev–Trinajstić information content (AvgIpc) is 2.30. The molecule has 15 heavy (non-hydrogen) atoms. The highest BCUT2D eigenvalue weighted by Gasteiger charge is 2.22. The molecule has 0 saturated carbocycles. The second-order valence-electron chi connectivity index (χ2n) is 3.84. The fraction of sp³-hybridized carbons (Fsp3) is 0.455. The SMILES string of the molecule is CC1CN(c2ccncc2)CCN1C=O. The lowest BCUT2D eigenvalue weighted by Crippen LogP contribution is -2.51. The number of nitrogens with zero attached hydrogens (tertiary/aromatic N) is 3. The molecular formula is C11H15N3O. The lowest BCUT2D eigenvalue weighted by Gasteiger charge is -2.38. The van der Waals surface area contributed by atoms with E-state index in [1.165, 1.54) is 5.69 Å². The van der Waals surface area contributed by atoms with Crippen LogP contribution < -0.4 is 4.90 Å². The van der Waals surface area contributed by atoms with Crippen LogP contribution in [0.5, 0.6) is 0 Å². The summed E-state index contributed by atoms with van der Waals surface area (Å²) in [4.78, 5) is 18.8. The van der Waals surface area contributed by atoms with Crippen molar-refractivity contribution in [1.82, 2.24) is 9.88 Å². The number of hydrogen-bond acceptors (Lipinski definition) is 3. The number of rotatable bonds is 2. The average molecular weight is 205 g/mol. The first-order chi connectivity index (χ1) is 7.31. The molecule has 0 radical (unpaired) electrons. The summed E-state index contributed by atoms with van der Waals surface area (Å²) in [6.45, 7) is 4.66. The Kier molecular flexibility index (Phi) is 2.85. The first-order valence-electron chi connectivity index (χ1n) is 5.17. The predicted octanol–water partition coefficient (Wildman–Crippen LogP) is 0.748. The van der Waals surface area contributed by atoms with Crippen molar-refractivity contribution in [2.75, 3.05) is 24.5 Å². The van der Waals surface area contributed by atoms with Crippen LogP contribution in [0.1, 0.15) is 6.92 Å². The third-order valence-corrected chi connectivity index (χ3v) is 2.84. The van der Waals surface area contributed by atoms with E-state index in [4.69, 9.17) is 0 Å². The van der Waals surface area contributed by atoms with Gasteiger partial charge in [0.2, 0.25) is 6.41 Å². The van der Waals surface area contributed by atoms with Gasteiger partial charge in [0.05, 0.1) is 0 Å². The second kappa shape index (κ2) is 4.29. The number of anilines is 1. The number of aromatic nitrogens is 1. The fourth-order valence-electron chi connectivity index (χ4n) is 1.92. The highest BCUT2D eigenvalue weighted by atomic mass is 16.1. The normalized spacial score (nSPS) is 21.5. The number of carbonyl (C=O) groups is 1. The van der Waals surface area contributed by atoms with Gasteiger partial charge in [-0.2, -0.15) is 0 Å². The Morgan fingerprint density at radius 2 is 2.13 bits per heavy atom. The zero-order valence-electron chi connectivity index (χ0n) is 8.84. The smallest absolute Gasteiger partial charge is 0.210 e. The topological polar surface area (TPSA) is 36.4 Å². The number of hydrogen-bond donors (Lipinski definition) is 0. The van der Waals surface area contributed by atoms with Crippen LogP contribution in [-0.4, -0.2) is 42.0 Å². The number of pyridine rings is 1. The number of piperazine rings is 1. The minimum atomic E-state index is 0.282. The molecule has 0 N–H and O–H groups in total. The van der Waals surface area contributed by atoms with Crippen LogP contribution in [0.3, 0.4) is 0 Å². The Bertz CT molecular complexity index is 328. The molecule has 80 valence electrons. The standard InChI is InChI=1S/C11H15N3O/c1-10-8-13(6-7-14(10)9-15)11-2-4-12-5-3-11/h2-5,9-10H,6-8H2,1H3. The number of carbonyl (C=O) groups excluding carboxylic acids is 1. The molecule has 1 atom stereocenters. The Labute approximate surface area is 89.5 Å². The molecule has 4 heteroatoms. The van der Waals surface area contributed by atoms with E-state index in [2.05, 4.69) is 16.8 Å². The van der Waals surface area contributed by atoms with Gasteiger partial charge >= 0.3 is 0 Å². The van der Waals surface area contributed by atoms with Crippen molar-refractivity contribution in [1.29, 1.82) is 0 Å². The monoisotopic (exact) mass is 205 g/mol. The Balaban J connectivity index is 2.06. The minimum Gasteiger partial charge on any atom is -0.368 e. The zero-order chi connectivity index (χ0) is 10.7. The maximum atomic E-state index is 10.7. The molecule has 1 aliphatic heterocycles. The van der Waals surface area contributed by atoms with Gasteiger partial charge in [-0.15, -0.1) is 0 Å². The van der Waals surface area contributed by atoms with Gasteiger partial charge in [0.25, 0.3) is 0 Å². The van der Waals surface area contributed by atoms with Gasteiger partial charge in [-0.25, -0.2) is 0 Å². The van der Waals surface area contributed by atoms with Crippen molar-refractivity contribution >= 4 is 12.1 Å². The predicted molar refractivity (Wildman–Crippen MR) is 58.7 cm³/mol. The van der Waals surface area contributed by atoms with Crippen molar-refractivity contribution < 1.29 is 4.79 Å². The van der Waals surface area contributed by atoms with Crippen molar-refractivity contribution in [3.05, 3.63) is 24.5 Å². The highest BCUT2D eigenvalue weighted by Crippen LogP contribution is 2.16. The molecule has 0 aliphatic carbocycles. The molecule has 1 unspecified atom stereocenters. The summed E-state index contributed by atoms with van der Waals surface area (Å²) >= 11 is 0. The molecule has 0 bridgehead atoms. The summed E-state index contributed by atoms with van der Waals surface area (Å²) < 4.78 is 0. The minimum absolute atomic E-state index is 0.282. The Morgan fingerprint density at radius 1 is 1.40 bits per heavy atom. The summed E-state index contributed by atoms with van der Waals surface area (Å²) in [5.41, 5.74) is 1.18. The van der Waals surface area contributed by atoms with E-state index in [-0.39, 0.29) is 6.04 Å². The first-order valence-corrected chi connectivity index (χ1v) is 5.17. The van der Waals surface area contributed by atoms with Crippen LogP contribution in [0, 0.1) is 0 Å². The Morgan fingerprint density at radius 3 is 2.73 bits per heavy atom. The van der Waals surface area contributed by atoms with E-state index in [1.807, 2.05) is 17.0 Å². The van der Waals surface area contributed by atoms with Gasteiger partial charge < -0.3 is 9.80 Å². The van der Waals surface area contributed by atoms with Crippen LogP contribution in [-0.2, 0) is 4.79 Å². The van der Waals surface area contributed by atoms with Gasteiger partial charge in [-0.3, -0.25) is 9.78 Å². The van der Waals surface area contributed by atoms with Crippen LogP contribution in [0.4, 0.5) is 5.69 Å². The van der Waals surface area contributed by atoms with Crippen LogP contribution in [0.15, 0.2) is 24.5 Å². The molecule has 1 saturated heterocycles. The quantitative estimate of drug-likeness (QED) is 0.668. The molecule has 0 spiro atoms. The van der Waals surface area contributed by atoms with E-state index >= 15 is 0 Å². The Hall–Kier alpha value is -1.58. The summed E-state index contributed by atoms with van der Waals surface area (Å²) in [6, 6.07) is 4.29. The van der Waals surface area contributed by atoms with Gasteiger partial charge in [0.15, 0.2) is 0 Å². The third-order valence-electron chi connectivity index (χ3n) is 2.84. The van der Waals surface area contributed by atoms with Gasteiger partial charge in [0.1, 0.15) is 0 Å². The highest BCUT2D eigenvalue weighted by molar-refractivity contribution is 5.51. The van der Waals surface area contributed by atoms with Gasteiger partial charge in [-0.1, -0.05) is 0 Å². The van der Waals surface area contributed by atoms with Gasteiger partial charge in [0, 0.05) is 43.8 Å². The summed E-state index contributed by atoms with van der Waals surface area (Å²) in [6.07, 6.45) is 4.53. The largest absolute Gasteiger partial charge is 0.368 e. The van der Waals surface area contributed by atoms with Crippen LogP contribution >= 0.6 is 0 Å². The second-order valence-corrected chi connectivity index (χ2v) is 3.84. The van der Waals surface area contributed by atoms with E-state index < -0.39 is 0 Å². The third kappa shape index (κ3) is 2.09. The lowest BCUT2D eigenvalue weighted by atomic mass is 10.2. The summed E-state index contributed by atoms with van der Waals surface area (Å²) in [7, 11) is 0. The summed E-state index contributed by atoms with van der Waals surface area (Å²) in [5, 5.41) is 0. The first kappa shape index (κ1) is 9.96. The van der Waals surface area contributed by atoms with Crippen molar-refractivity contribution in [2.45, 2.75) is 13.0 Å². The van der Waals surface area contributed by atoms with Gasteiger partial charge in [-0.05, 0) is 19.1 Å². The van der Waals surface area contributed by atoms with E-state index in [1.54, 1.807) is 12.4 Å². The maximum absolute atomic E-state index is 10.7. The molecule has 2 heterocycles. The van der Waals surface area contributed by atoms with Crippen molar-refractivity contribution in [2.24, 2.45) is 0 Å². The molecule has 1 aliphatic rings. The molecule has 1 amide bonds. The fourth-order valence-corrected chi connectivity index (χ4v) is 1.92. The van der Waals surface area contributed by atoms with E-state index in [0.29, 0.717) is 0 Å². The lowest BCUT2D eigenvalue weighted by molar-refractivity contribution is -0.120. The molecule has 1 aromatic rings. The number of amides is 1. The molecule has 1 fully saturated rings. The molecular weight excluding hydrogens is 190 g/mol. The van der Waals surface area contributed by atoms with Crippen LogP contribution in [0.25, 0.3) is 0 Å². The molecule has 2 rings (SSSR count). The van der Waals surface area contributed by atoms with Crippen LogP contribution in [0.2, 0.25) is 0 Å². The van der Waals surface area contributed by atoms with E-state index in [9.17, 15) is 4.79 Å². The molecule has 4 nitrogen and oxygen atoms in total. The van der Waals surface area contributed by atoms with E-state index in [0.717, 1.165) is 26.0 Å². The maximum Gasteiger partial charge on any atom is 0.210 e. The summed E-state index contributed by atoms with van der Waals surface area (Å²) in [5.74, 6) is 0. The molecule has 0 aromatic carbocycles. The molecule has 1 aromatic heterocycles.